The lowest BCUT2D eigenvalue weighted by atomic mass is 9.97. The highest BCUT2D eigenvalue weighted by molar-refractivity contribution is 7.80. The number of rotatable bonds is 2. The SMILES string of the molecule is CNC(=S)c1ccccc1C(C)C. The Labute approximate surface area is 85.2 Å². The van der Waals surface area contributed by atoms with Gasteiger partial charge in [-0.05, 0) is 11.5 Å². The van der Waals surface area contributed by atoms with Gasteiger partial charge in [-0.15, -0.1) is 0 Å². The first-order valence-electron chi connectivity index (χ1n) is 4.47. The fourth-order valence-corrected chi connectivity index (χ4v) is 1.53. The van der Waals surface area contributed by atoms with Gasteiger partial charge >= 0.3 is 0 Å². The highest BCUT2D eigenvalue weighted by Gasteiger charge is 2.07. The van der Waals surface area contributed by atoms with E-state index in [9.17, 15) is 0 Å². The van der Waals surface area contributed by atoms with Crippen LogP contribution in [0, 0.1) is 0 Å². The van der Waals surface area contributed by atoms with Crippen LogP contribution in [0.4, 0.5) is 0 Å². The molecule has 0 fully saturated rings. The van der Waals surface area contributed by atoms with Crippen LogP contribution in [0.1, 0.15) is 30.9 Å². The number of hydrogen-bond donors (Lipinski definition) is 1. The molecular formula is C11H15NS. The van der Waals surface area contributed by atoms with Gasteiger partial charge in [-0.3, -0.25) is 0 Å². The predicted molar refractivity (Wildman–Crippen MR) is 61.3 cm³/mol. The average Bonchev–Trinajstić information content (AvgIpc) is 2.16. The Bertz CT molecular complexity index is 305. The highest BCUT2D eigenvalue weighted by Crippen LogP contribution is 2.19. The molecule has 0 aliphatic rings. The van der Waals surface area contributed by atoms with Crippen molar-refractivity contribution in [3.05, 3.63) is 35.4 Å². The summed E-state index contributed by atoms with van der Waals surface area (Å²) in [5.74, 6) is 0.516. The molecule has 0 aliphatic heterocycles. The molecule has 0 unspecified atom stereocenters. The molecule has 1 nitrogen and oxygen atoms in total. The summed E-state index contributed by atoms with van der Waals surface area (Å²) in [7, 11) is 1.86. The third kappa shape index (κ3) is 2.28. The normalized spacial score (nSPS) is 10.2. The van der Waals surface area contributed by atoms with Crippen molar-refractivity contribution in [1.29, 1.82) is 0 Å². The van der Waals surface area contributed by atoms with E-state index in [2.05, 4.69) is 37.4 Å². The minimum Gasteiger partial charge on any atom is -0.379 e. The highest BCUT2D eigenvalue weighted by atomic mass is 32.1. The van der Waals surface area contributed by atoms with Crippen LogP contribution in [-0.4, -0.2) is 12.0 Å². The number of thiocarbonyl (C=S) groups is 1. The van der Waals surface area contributed by atoms with E-state index < -0.39 is 0 Å². The first-order chi connectivity index (χ1) is 6.16. The lowest BCUT2D eigenvalue weighted by molar-refractivity contribution is 0.863. The van der Waals surface area contributed by atoms with Gasteiger partial charge < -0.3 is 5.32 Å². The molecule has 1 N–H and O–H groups in total. The summed E-state index contributed by atoms with van der Waals surface area (Å²) in [5.41, 5.74) is 2.46. The Balaban J connectivity index is 3.12. The smallest absolute Gasteiger partial charge is 0.106 e. The van der Waals surface area contributed by atoms with Crippen LogP contribution in [0.15, 0.2) is 24.3 Å². The third-order valence-electron chi connectivity index (χ3n) is 2.05. The molecule has 0 aliphatic carbocycles. The van der Waals surface area contributed by atoms with Gasteiger partial charge in [0.1, 0.15) is 4.99 Å². The maximum absolute atomic E-state index is 5.22. The van der Waals surface area contributed by atoms with E-state index in [1.807, 2.05) is 13.1 Å². The van der Waals surface area contributed by atoms with Gasteiger partial charge in [-0.2, -0.15) is 0 Å². The minimum absolute atomic E-state index is 0.516. The number of benzene rings is 1. The number of nitrogens with one attached hydrogen (secondary N) is 1. The lowest BCUT2D eigenvalue weighted by Gasteiger charge is -2.12. The molecular weight excluding hydrogens is 178 g/mol. The second-order valence-corrected chi connectivity index (χ2v) is 3.73. The predicted octanol–water partition coefficient (Wildman–Crippen LogP) is 2.70. The summed E-state index contributed by atoms with van der Waals surface area (Å²) in [4.78, 5) is 0.823. The zero-order valence-electron chi connectivity index (χ0n) is 8.29. The van der Waals surface area contributed by atoms with Crippen LogP contribution in [0.5, 0.6) is 0 Å². The molecule has 70 valence electrons. The molecule has 0 radical (unpaired) electrons. The van der Waals surface area contributed by atoms with Crippen molar-refractivity contribution in [2.75, 3.05) is 7.05 Å². The maximum atomic E-state index is 5.22. The largest absolute Gasteiger partial charge is 0.379 e. The molecule has 0 bridgehead atoms. The Hall–Kier alpha value is -0.890. The molecule has 2 heteroatoms. The van der Waals surface area contributed by atoms with E-state index >= 15 is 0 Å². The quantitative estimate of drug-likeness (QED) is 0.725. The molecule has 0 amide bonds. The summed E-state index contributed by atoms with van der Waals surface area (Å²) in [6.45, 7) is 4.36. The number of hydrogen-bond acceptors (Lipinski definition) is 1. The summed E-state index contributed by atoms with van der Waals surface area (Å²) in [6.07, 6.45) is 0. The van der Waals surface area contributed by atoms with Gasteiger partial charge in [0.15, 0.2) is 0 Å². The Kier molecular flexibility index (Phi) is 3.43. The summed E-state index contributed by atoms with van der Waals surface area (Å²) < 4.78 is 0. The van der Waals surface area contributed by atoms with E-state index in [1.54, 1.807) is 0 Å². The third-order valence-corrected chi connectivity index (χ3v) is 2.48. The zero-order valence-corrected chi connectivity index (χ0v) is 9.11. The monoisotopic (exact) mass is 193 g/mol. The molecule has 0 heterocycles. The van der Waals surface area contributed by atoms with Gasteiger partial charge in [0.25, 0.3) is 0 Å². The van der Waals surface area contributed by atoms with Crippen LogP contribution in [0.2, 0.25) is 0 Å². The van der Waals surface area contributed by atoms with E-state index in [0.29, 0.717) is 5.92 Å². The molecule has 0 saturated carbocycles. The summed E-state index contributed by atoms with van der Waals surface area (Å²) >= 11 is 5.22. The van der Waals surface area contributed by atoms with Crippen LogP contribution in [0.25, 0.3) is 0 Å². The van der Waals surface area contributed by atoms with Crippen LogP contribution < -0.4 is 5.32 Å². The second-order valence-electron chi connectivity index (χ2n) is 3.32. The van der Waals surface area contributed by atoms with Gasteiger partial charge in [0, 0.05) is 12.6 Å². The Morgan fingerprint density at radius 2 is 1.92 bits per heavy atom. The molecule has 1 rings (SSSR count). The lowest BCUT2D eigenvalue weighted by Crippen LogP contribution is -2.18. The van der Waals surface area contributed by atoms with Crippen molar-refractivity contribution in [3.63, 3.8) is 0 Å². The van der Waals surface area contributed by atoms with Crippen molar-refractivity contribution in [2.45, 2.75) is 19.8 Å². The van der Waals surface area contributed by atoms with Crippen molar-refractivity contribution in [2.24, 2.45) is 0 Å². The fraction of sp³-hybridized carbons (Fsp3) is 0.364. The van der Waals surface area contributed by atoms with E-state index in [1.165, 1.54) is 5.56 Å². The Morgan fingerprint density at radius 1 is 1.31 bits per heavy atom. The maximum Gasteiger partial charge on any atom is 0.106 e. The topological polar surface area (TPSA) is 12.0 Å². The van der Waals surface area contributed by atoms with Gasteiger partial charge in [-0.1, -0.05) is 50.3 Å². The van der Waals surface area contributed by atoms with Crippen molar-refractivity contribution in [3.8, 4) is 0 Å². The molecule has 0 aromatic heterocycles. The van der Waals surface area contributed by atoms with Crippen LogP contribution in [0.3, 0.4) is 0 Å². The average molecular weight is 193 g/mol. The Morgan fingerprint density at radius 3 is 2.46 bits per heavy atom. The first kappa shape index (κ1) is 10.2. The molecule has 0 spiro atoms. The van der Waals surface area contributed by atoms with Crippen molar-refractivity contribution < 1.29 is 0 Å². The minimum atomic E-state index is 0.516. The molecule has 0 atom stereocenters. The van der Waals surface area contributed by atoms with Crippen molar-refractivity contribution >= 4 is 17.2 Å². The standard InChI is InChI=1S/C11H15NS/c1-8(2)9-6-4-5-7-10(9)11(13)12-3/h4-8H,1-3H3,(H,12,13). The van der Waals surface area contributed by atoms with E-state index in [0.717, 1.165) is 10.6 Å². The summed E-state index contributed by atoms with van der Waals surface area (Å²) in [6, 6.07) is 8.26. The molecule has 13 heavy (non-hydrogen) atoms. The van der Waals surface area contributed by atoms with E-state index in [-0.39, 0.29) is 0 Å². The molecule has 1 aromatic carbocycles. The van der Waals surface area contributed by atoms with Crippen LogP contribution in [-0.2, 0) is 0 Å². The van der Waals surface area contributed by atoms with Gasteiger partial charge in [-0.25, -0.2) is 0 Å². The van der Waals surface area contributed by atoms with E-state index in [4.69, 9.17) is 12.2 Å². The van der Waals surface area contributed by atoms with Gasteiger partial charge in [0.2, 0.25) is 0 Å². The summed E-state index contributed by atoms with van der Waals surface area (Å²) in [5, 5.41) is 3.01. The first-order valence-corrected chi connectivity index (χ1v) is 4.88. The molecule has 1 aromatic rings. The second kappa shape index (κ2) is 4.38. The fourth-order valence-electron chi connectivity index (χ4n) is 1.34. The van der Waals surface area contributed by atoms with Crippen molar-refractivity contribution in [1.82, 2.24) is 5.32 Å². The van der Waals surface area contributed by atoms with Gasteiger partial charge in [0.05, 0.1) is 0 Å². The zero-order chi connectivity index (χ0) is 9.84. The molecule has 0 saturated heterocycles. The van der Waals surface area contributed by atoms with Crippen LogP contribution >= 0.6 is 12.2 Å².